The van der Waals surface area contributed by atoms with Gasteiger partial charge < -0.3 is 10.2 Å². The van der Waals surface area contributed by atoms with Gasteiger partial charge in [-0.3, -0.25) is 4.90 Å². The molecule has 4 atom stereocenters. The molecule has 1 saturated carbocycles. The third kappa shape index (κ3) is 3.58. The molecule has 128 valence electrons. The SMILES string of the molecule is CC(C)[C@@]1(O)CC=CCN(C(C)(C)[C@@H]2CC[C@@H](C)C[C@H]2O)C1. The van der Waals surface area contributed by atoms with Crippen molar-refractivity contribution in [3.05, 3.63) is 12.2 Å². The first-order chi connectivity index (χ1) is 10.2. The summed E-state index contributed by atoms with van der Waals surface area (Å²) in [6.07, 6.45) is 7.99. The van der Waals surface area contributed by atoms with Crippen molar-refractivity contribution in [3.63, 3.8) is 0 Å². The number of nitrogens with zero attached hydrogens (tertiary/aromatic N) is 1. The third-order valence-electron chi connectivity index (χ3n) is 6.30. The molecule has 3 nitrogen and oxygen atoms in total. The third-order valence-corrected chi connectivity index (χ3v) is 6.30. The maximum absolute atomic E-state index is 11.0. The number of hydrogen-bond acceptors (Lipinski definition) is 3. The lowest BCUT2D eigenvalue weighted by Crippen LogP contribution is -2.58. The van der Waals surface area contributed by atoms with Crippen LogP contribution in [0.3, 0.4) is 0 Å². The minimum absolute atomic E-state index is 0.100. The monoisotopic (exact) mass is 309 g/mol. The summed E-state index contributed by atoms with van der Waals surface area (Å²) in [5.41, 5.74) is -0.770. The van der Waals surface area contributed by atoms with Gasteiger partial charge in [-0.2, -0.15) is 0 Å². The van der Waals surface area contributed by atoms with Crippen LogP contribution in [0, 0.1) is 17.8 Å². The Morgan fingerprint density at radius 3 is 2.50 bits per heavy atom. The highest BCUT2D eigenvalue weighted by Crippen LogP contribution is 2.40. The number of β-amino-alcohol motifs (C(OH)–C–C–N with tert-alkyl or cyclic N) is 1. The van der Waals surface area contributed by atoms with Crippen molar-refractivity contribution in [1.82, 2.24) is 4.90 Å². The summed E-state index contributed by atoms with van der Waals surface area (Å²) in [5, 5.41) is 21.6. The van der Waals surface area contributed by atoms with Crippen LogP contribution in [-0.2, 0) is 0 Å². The molecule has 2 aliphatic rings. The standard InChI is InChI=1S/C19H35NO2/c1-14(2)19(22)10-6-7-11-20(13-19)18(4,5)16-9-8-15(3)12-17(16)21/h6-7,14-17,21-22H,8-13H2,1-5H3/t15-,16-,17-,19-/m1/s1. The fourth-order valence-electron chi connectivity index (χ4n) is 4.22. The van der Waals surface area contributed by atoms with Gasteiger partial charge in [0.1, 0.15) is 0 Å². The van der Waals surface area contributed by atoms with E-state index in [9.17, 15) is 10.2 Å². The second kappa shape index (κ2) is 6.62. The normalized spacial score (nSPS) is 38.3. The quantitative estimate of drug-likeness (QED) is 0.787. The number of hydrogen-bond donors (Lipinski definition) is 2. The van der Waals surface area contributed by atoms with E-state index in [0.717, 1.165) is 25.8 Å². The predicted octanol–water partition coefficient (Wildman–Crippen LogP) is 3.21. The van der Waals surface area contributed by atoms with Crippen molar-refractivity contribution in [3.8, 4) is 0 Å². The molecule has 0 aromatic heterocycles. The first-order valence-electron chi connectivity index (χ1n) is 8.97. The van der Waals surface area contributed by atoms with E-state index in [-0.39, 0.29) is 23.5 Å². The van der Waals surface area contributed by atoms with E-state index in [1.54, 1.807) is 0 Å². The van der Waals surface area contributed by atoms with E-state index in [4.69, 9.17) is 0 Å². The average Bonchev–Trinajstić information content (AvgIpc) is 2.61. The summed E-state index contributed by atoms with van der Waals surface area (Å²) >= 11 is 0. The fraction of sp³-hybridized carbons (Fsp3) is 0.895. The largest absolute Gasteiger partial charge is 0.393 e. The lowest BCUT2D eigenvalue weighted by molar-refractivity contribution is -0.0861. The molecular formula is C19H35NO2. The van der Waals surface area contributed by atoms with Gasteiger partial charge in [-0.1, -0.05) is 39.3 Å². The van der Waals surface area contributed by atoms with Crippen LogP contribution in [0.4, 0.5) is 0 Å². The first kappa shape index (κ1) is 18.0. The minimum atomic E-state index is -0.669. The zero-order chi connectivity index (χ0) is 16.5. The molecule has 1 heterocycles. The Bertz CT molecular complexity index is 404. The molecule has 0 bridgehead atoms. The Morgan fingerprint density at radius 2 is 1.91 bits per heavy atom. The van der Waals surface area contributed by atoms with Gasteiger partial charge in [0, 0.05) is 24.5 Å². The van der Waals surface area contributed by atoms with Crippen LogP contribution in [0.2, 0.25) is 0 Å². The van der Waals surface area contributed by atoms with E-state index in [2.05, 4.69) is 51.7 Å². The molecule has 0 spiro atoms. The summed E-state index contributed by atoms with van der Waals surface area (Å²) < 4.78 is 0. The van der Waals surface area contributed by atoms with Crippen molar-refractivity contribution in [2.24, 2.45) is 17.8 Å². The molecule has 0 saturated heterocycles. The average molecular weight is 309 g/mol. The fourth-order valence-corrected chi connectivity index (χ4v) is 4.22. The summed E-state index contributed by atoms with van der Waals surface area (Å²) in [6.45, 7) is 12.5. The van der Waals surface area contributed by atoms with E-state index < -0.39 is 5.60 Å². The lowest BCUT2D eigenvalue weighted by atomic mass is 9.70. The Hall–Kier alpha value is -0.380. The highest BCUT2D eigenvalue weighted by molar-refractivity contribution is 5.05. The van der Waals surface area contributed by atoms with Crippen LogP contribution in [0.5, 0.6) is 0 Å². The molecule has 2 rings (SSSR count). The highest BCUT2D eigenvalue weighted by atomic mass is 16.3. The zero-order valence-electron chi connectivity index (χ0n) is 15.0. The molecule has 0 aromatic carbocycles. The van der Waals surface area contributed by atoms with Crippen molar-refractivity contribution < 1.29 is 10.2 Å². The first-order valence-corrected chi connectivity index (χ1v) is 8.97. The van der Waals surface area contributed by atoms with Gasteiger partial charge in [-0.15, -0.1) is 0 Å². The second-order valence-electron chi connectivity index (χ2n) is 8.56. The zero-order valence-corrected chi connectivity index (χ0v) is 15.0. The van der Waals surface area contributed by atoms with Crippen molar-refractivity contribution >= 4 is 0 Å². The summed E-state index contributed by atoms with van der Waals surface area (Å²) in [4.78, 5) is 2.39. The molecule has 1 aliphatic carbocycles. The molecule has 1 aliphatic heterocycles. The molecule has 22 heavy (non-hydrogen) atoms. The smallest absolute Gasteiger partial charge is 0.0831 e. The number of aliphatic hydroxyl groups excluding tert-OH is 1. The van der Waals surface area contributed by atoms with E-state index >= 15 is 0 Å². The second-order valence-corrected chi connectivity index (χ2v) is 8.56. The van der Waals surface area contributed by atoms with Gasteiger partial charge in [0.05, 0.1) is 11.7 Å². The Labute approximate surface area is 136 Å². The van der Waals surface area contributed by atoms with Crippen molar-refractivity contribution in [1.29, 1.82) is 0 Å². The van der Waals surface area contributed by atoms with Crippen LogP contribution in [-0.4, -0.2) is 45.4 Å². The topological polar surface area (TPSA) is 43.7 Å². The summed E-state index contributed by atoms with van der Waals surface area (Å²) in [7, 11) is 0. The minimum Gasteiger partial charge on any atom is -0.393 e. The summed E-state index contributed by atoms with van der Waals surface area (Å²) in [5.74, 6) is 1.13. The lowest BCUT2D eigenvalue weighted by Gasteiger charge is -2.50. The molecule has 1 fully saturated rings. The van der Waals surface area contributed by atoms with Crippen molar-refractivity contribution in [2.75, 3.05) is 13.1 Å². The predicted molar refractivity (Wildman–Crippen MR) is 91.7 cm³/mol. The van der Waals surface area contributed by atoms with Gasteiger partial charge in [0.15, 0.2) is 0 Å². The van der Waals surface area contributed by atoms with Gasteiger partial charge in [-0.25, -0.2) is 0 Å². The molecule has 0 aromatic rings. The van der Waals surface area contributed by atoms with Gasteiger partial charge in [-0.05, 0) is 44.9 Å². The molecular weight excluding hydrogens is 274 g/mol. The van der Waals surface area contributed by atoms with E-state index in [1.807, 2.05) is 0 Å². The maximum Gasteiger partial charge on any atom is 0.0831 e. The van der Waals surface area contributed by atoms with Crippen LogP contribution in [0.1, 0.15) is 60.3 Å². The number of aliphatic hydroxyl groups is 2. The van der Waals surface area contributed by atoms with Crippen LogP contribution >= 0.6 is 0 Å². The maximum atomic E-state index is 11.0. The molecule has 2 N–H and O–H groups in total. The van der Waals surface area contributed by atoms with Gasteiger partial charge >= 0.3 is 0 Å². The number of rotatable bonds is 3. The van der Waals surface area contributed by atoms with Crippen LogP contribution < -0.4 is 0 Å². The molecule has 0 radical (unpaired) electrons. The van der Waals surface area contributed by atoms with Crippen LogP contribution in [0.15, 0.2) is 12.2 Å². The molecule has 0 amide bonds. The molecule has 0 unspecified atom stereocenters. The van der Waals surface area contributed by atoms with E-state index in [0.29, 0.717) is 12.5 Å². The van der Waals surface area contributed by atoms with Crippen LogP contribution in [0.25, 0.3) is 0 Å². The highest BCUT2D eigenvalue weighted by Gasteiger charge is 2.45. The Balaban J connectivity index is 2.18. The summed E-state index contributed by atoms with van der Waals surface area (Å²) in [6, 6.07) is 0. The Kier molecular flexibility index (Phi) is 5.41. The van der Waals surface area contributed by atoms with Gasteiger partial charge in [0.25, 0.3) is 0 Å². The Morgan fingerprint density at radius 1 is 1.23 bits per heavy atom. The van der Waals surface area contributed by atoms with E-state index in [1.165, 1.54) is 6.42 Å². The van der Waals surface area contributed by atoms with Crippen molar-refractivity contribution in [2.45, 2.75) is 77.5 Å². The molecule has 3 heteroatoms. The van der Waals surface area contributed by atoms with Gasteiger partial charge in [0.2, 0.25) is 0 Å².